The maximum Gasteiger partial charge on any atom is 0.0613 e. The van der Waals surface area contributed by atoms with E-state index in [-0.39, 0.29) is 6.10 Å². The van der Waals surface area contributed by atoms with Crippen LogP contribution in [0.15, 0.2) is 30.3 Å². The van der Waals surface area contributed by atoms with Crippen LogP contribution in [-0.4, -0.2) is 44.8 Å². The SMILES string of the molecule is CC(OCCN(C)C)C(C)c1ccccc1.CCN. The Labute approximate surface area is 118 Å². The quantitative estimate of drug-likeness (QED) is 0.860. The molecule has 0 saturated carbocycles. The minimum atomic E-state index is 0.266. The van der Waals surface area contributed by atoms with Crippen LogP contribution in [0.1, 0.15) is 32.3 Å². The highest BCUT2D eigenvalue weighted by molar-refractivity contribution is 5.19. The van der Waals surface area contributed by atoms with E-state index in [1.165, 1.54) is 5.56 Å². The van der Waals surface area contributed by atoms with Gasteiger partial charge in [-0.1, -0.05) is 44.2 Å². The van der Waals surface area contributed by atoms with E-state index in [0.717, 1.165) is 19.7 Å². The maximum atomic E-state index is 5.83. The molecule has 0 aliphatic heterocycles. The topological polar surface area (TPSA) is 38.5 Å². The Morgan fingerprint density at radius 3 is 2.16 bits per heavy atom. The molecule has 0 saturated heterocycles. The second-order valence-corrected chi connectivity index (χ2v) is 4.99. The Morgan fingerprint density at radius 2 is 1.68 bits per heavy atom. The molecule has 0 aliphatic rings. The van der Waals surface area contributed by atoms with Gasteiger partial charge in [0.15, 0.2) is 0 Å². The molecule has 0 radical (unpaired) electrons. The van der Waals surface area contributed by atoms with Gasteiger partial charge in [-0.15, -0.1) is 0 Å². The molecule has 0 bridgehead atoms. The van der Waals surface area contributed by atoms with Gasteiger partial charge >= 0.3 is 0 Å². The van der Waals surface area contributed by atoms with Crippen LogP contribution in [0.25, 0.3) is 0 Å². The van der Waals surface area contributed by atoms with E-state index in [2.05, 4.69) is 57.1 Å². The highest BCUT2D eigenvalue weighted by atomic mass is 16.5. The van der Waals surface area contributed by atoms with Crippen LogP contribution >= 0.6 is 0 Å². The number of likely N-dealkylation sites (N-methyl/N-ethyl adjacent to an activating group) is 1. The van der Waals surface area contributed by atoms with E-state index < -0.39 is 0 Å². The van der Waals surface area contributed by atoms with Crippen LogP contribution in [0.5, 0.6) is 0 Å². The molecule has 110 valence electrons. The lowest BCUT2D eigenvalue weighted by Gasteiger charge is -2.22. The molecule has 0 spiro atoms. The Kier molecular flexibility index (Phi) is 10.5. The summed E-state index contributed by atoms with van der Waals surface area (Å²) in [4.78, 5) is 2.14. The molecule has 0 aliphatic carbocycles. The van der Waals surface area contributed by atoms with Gasteiger partial charge in [0.25, 0.3) is 0 Å². The van der Waals surface area contributed by atoms with Gasteiger partial charge in [-0.05, 0) is 33.1 Å². The van der Waals surface area contributed by atoms with Crippen molar-refractivity contribution in [3.05, 3.63) is 35.9 Å². The summed E-state index contributed by atoms with van der Waals surface area (Å²) >= 11 is 0. The summed E-state index contributed by atoms with van der Waals surface area (Å²) in [5, 5.41) is 0. The van der Waals surface area contributed by atoms with Crippen LogP contribution in [-0.2, 0) is 4.74 Å². The standard InChI is InChI=1S/C14H23NO.C2H7N/c1-12(14-8-6-5-7-9-14)13(2)16-11-10-15(3)4;1-2-3/h5-9,12-13H,10-11H2,1-4H3;2-3H2,1H3. The van der Waals surface area contributed by atoms with Gasteiger partial charge in [-0.2, -0.15) is 0 Å². The summed E-state index contributed by atoms with van der Waals surface area (Å²) in [6.07, 6.45) is 0.266. The zero-order valence-corrected chi connectivity index (χ0v) is 13.1. The number of benzene rings is 1. The van der Waals surface area contributed by atoms with Crippen molar-refractivity contribution in [2.45, 2.75) is 32.8 Å². The van der Waals surface area contributed by atoms with Crippen LogP contribution in [0.2, 0.25) is 0 Å². The minimum Gasteiger partial charge on any atom is -0.377 e. The van der Waals surface area contributed by atoms with Crippen molar-refractivity contribution in [3.8, 4) is 0 Å². The third-order valence-electron chi connectivity index (χ3n) is 2.95. The van der Waals surface area contributed by atoms with Crippen LogP contribution in [0, 0.1) is 0 Å². The first kappa shape index (κ1) is 18.1. The fraction of sp³-hybridized carbons (Fsp3) is 0.625. The highest BCUT2D eigenvalue weighted by Gasteiger charge is 2.14. The van der Waals surface area contributed by atoms with Gasteiger partial charge < -0.3 is 15.4 Å². The second kappa shape index (κ2) is 11.0. The number of ether oxygens (including phenoxy) is 1. The lowest BCUT2D eigenvalue weighted by Crippen LogP contribution is -2.23. The first-order valence-corrected chi connectivity index (χ1v) is 7.04. The van der Waals surface area contributed by atoms with Crippen LogP contribution in [0.3, 0.4) is 0 Å². The van der Waals surface area contributed by atoms with E-state index >= 15 is 0 Å². The summed E-state index contributed by atoms with van der Waals surface area (Å²) in [5.74, 6) is 0.448. The summed E-state index contributed by atoms with van der Waals surface area (Å²) in [6.45, 7) is 8.79. The number of hydrogen-bond acceptors (Lipinski definition) is 3. The van der Waals surface area contributed by atoms with Gasteiger partial charge in [-0.25, -0.2) is 0 Å². The molecule has 2 N–H and O–H groups in total. The molecule has 3 nitrogen and oxygen atoms in total. The van der Waals surface area contributed by atoms with Gasteiger partial charge in [0, 0.05) is 12.5 Å². The van der Waals surface area contributed by atoms with Crippen molar-refractivity contribution in [2.75, 3.05) is 33.8 Å². The normalized spacial score (nSPS) is 13.6. The average Bonchev–Trinajstić information content (AvgIpc) is 2.39. The van der Waals surface area contributed by atoms with Crippen molar-refractivity contribution < 1.29 is 4.74 Å². The Hall–Kier alpha value is -0.900. The van der Waals surface area contributed by atoms with Gasteiger partial charge in [-0.3, -0.25) is 0 Å². The molecule has 1 aromatic carbocycles. The summed E-state index contributed by atoms with van der Waals surface area (Å²) < 4.78 is 5.83. The number of nitrogens with two attached hydrogens (primary N) is 1. The minimum absolute atomic E-state index is 0.266. The number of hydrogen-bond donors (Lipinski definition) is 1. The van der Waals surface area contributed by atoms with Gasteiger partial charge in [0.2, 0.25) is 0 Å². The average molecular weight is 266 g/mol. The molecule has 2 unspecified atom stereocenters. The van der Waals surface area contributed by atoms with E-state index in [4.69, 9.17) is 10.5 Å². The first-order chi connectivity index (χ1) is 9.02. The molecule has 1 rings (SSSR count). The molecule has 1 aromatic rings. The zero-order valence-electron chi connectivity index (χ0n) is 13.1. The predicted molar refractivity (Wildman–Crippen MR) is 83.6 cm³/mol. The molecule has 3 heteroatoms. The van der Waals surface area contributed by atoms with E-state index in [1.54, 1.807) is 0 Å². The number of rotatable bonds is 6. The third-order valence-corrected chi connectivity index (χ3v) is 2.95. The van der Waals surface area contributed by atoms with E-state index in [1.807, 2.05) is 13.0 Å². The predicted octanol–water partition coefficient (Wildman–Crippen LogP) is 2.72. The molecular weight excluding hydrogens is 236 g/mol. The fourth-order valence-electron chi connectivity index (χ4n) is 1.59. The van der Waals surface area contributed by atoms with E-state index in [9.17, 15) is 0 Å². The molecule has 2 atom stereocenters. The lowest BCUT2D eigenvalue weighted by atomic mass is 9.96. The molecular formula is C16H30N2O. The van der Waals surface area contributed by atoms with Gasteiger partial charge in [0.05, 0.1) is 12.7 Å². The molecule has 19 heavy (non-hydrogen) atoms. The number of nitrogens with zero attached hydrogens (tertiary/aromatic N) is 1. The molecule has 0 aromatic heterocycles. The van der Waals surface area contributed by atoms with Crippen LogP contribution < -0.4 is 5.73 Å². The fourth-order valence-corrected chi connectivity index (χ4v) is 1.59. The summed E-state index contributed by atoms with van der Waals surface area (Å²) in [6, 6.07) is 10.5. The summed E-state index contributed by atoms with van der Waals surface area (Å²) in [7, 11) is 4.13. The lowest BCUT2D eigenvalue weighted by molar-refractivity contribution is 0.0420. The van der Waals surface area contributed by atoms with Crippen molar-refractivity contribution in [2.24, 2.45) is 5.73 Å². The van der Waals surface area contributed by atoms with Crippen molar-refractivity contribution >= 4 is 0 Å². The smallest absolute Gasteiger partial charge is 0.0613 e. The van der Waals surface area contributed by atoms with Crippen molar-refractivity contribution in [1.29, 1.82) is 0 Å². The summed E-state index contributed by atoms with van der Waals surface area (Å²) in [5.41, 5.74) is 6.19. The third kappa shape index (κ3) is 8.76. The maximum absolute atomic E-state index is 5.83. The van der Waals surface area contributed by atoms with Crippen molar-refractivity contribution in [3.63, 3.8) is 0 Å². The van der Waals surface area contributed by atoms with Gasteiger partial charge in [0.1, 0.15) is 0 Å². The Bertz CT molecular complexity index is 301. The first-order valence-electron chi connectivity index (χ1n) is 7.04. The molecule has 0 heterocycles. The Balaban J connectivity index is 0.000000982. The van der Waals surface area contributed by atoms with Crippen molar-refractivity contribution in [1.82, 2.24) is 4.90 Å². The molecule has 0 amide bonds. The second-order valence-electron chi connectivity index (χ2n) is 4.99. The largest absolute Gasteiger partial charge is 0.377 e. The molecule has 0 fully saturated rings. The zero-order chi connectivity index (χ0) is 14.7. The monoisotopic (exact) mass is 266 g/mol. The van der Waals surface area contributed by atoms with Crippen LogP contribution in [0.4, 0.5) is 0 Å². The Morgan fingerprint density at radius 1 is 1.16 bits per heavy atom. The highest BCUT2D eigenvalue weighted by Crippen LogP contribution is 2.20. The van der Waals surface area contributed by atoms with E-state index in [0.29, 0.717) is 5.92 Å².